The summed E-state index contributed by atoms with van der Waals surface area (Å²) in [7, 11) is 0. The lowest BCUT2D eigenvalue weighted by molar-refractivity contribution is 0.544. The van der Waals surface area contributed by atoms with E-state index in [9.17, 15) is 0 Å². The molecule has 12 heteroatoms. The highest BCUT2D eigenvalue weighted by Crippen LogP contribution is 2.39. The SMILES string of the molecule is ClC(Cl)=C(Cl)C(Cl)=C(Cl)Cl.ClC1C(Cl)C(Cl)C(Cl)C(Cl)C1Cl. The van der Waals surface area contributed by atoms with Crippen LogP contribution in [0.5, 0.6) is 0 Å². The van der Waals surface area contributed by atoms with Crippen molar-refractivity contribution < 1.29 is 0 Å². The van der Waals surface area contributed by atoms with Gasteiger partial charge in [0.25, 0.3) is 0 Å². The van der Waals surface area contributed by atoms with Gasteiger partial charge in [0.15, 0.2) is 0 Å². The van der Waals surface area contributed by atoms with Gasteiger partial charge in [0.05, 0.1) is 42.3 Å². The zero-order valence-electron chi connectivity index (χ0n) is 10.00. The summed E-state index contributed by atoms with van der Waals surface area (Å²) in [6, 6.07) is 0. The van der Waals surface area contributed by atoms with E-state index >= 15 is 0 Å². The van der Waals surface area contributed by atoms with E-state index in [0.29, 0.717) is 0 Å². The summed E-state index contributed by atoms with van der Waals surface area (Å²) in [4.78, 5) is 0. The quantitative estimate of drug-likeness (QED) is 0.227. The van der Waals surface area contributed by atoms with Crippen LogP contribution >= 0.6 is 139 Å². The second kappa shape index (κ2) is 11.6. The Morgan fingerprint density at radius 3 is 0.591 bits per heavy atom. The van der Waals surface area contributed by atoms with Crippen molar-refractivity contribution in [3.05, 3.63) is 19.0 Å². The molecule has 0 bridgehead atoms. The summed E-state index contributed by atoms with van der Waals surface area (Å²) in [5.74, 6) is 0. The van der Waals surface area contributed by atoms with E-state index in [-0.39, 0.29) is 19.0 Å². The molecule has 0 unspecified atom stereocenters. The van der Waals surface area contributed by atoms with Gasteiger partial charge in [0, 0.05) is 0 Å². The van der Waals surface area contributed by atoms with Crippen molar-refractivity contribution in [1.82, 2.24) is 0 Å². The Labute approximate surface area is 188 Å². The molecule has 1 saturated carbocycles. The van der Waals surface area contributed by atoms with Crippen LogP contribution in [0.2, 0.25) is 0 Å². The van der Waals surface area contributed by atoms with Crippen molar-refractivity contribution in [3.63, 3.8) is 0 Å². The molecule has 22 heavy (non-hydrogen) atoms. The van der Waals surface area contributed by atoms with E-state index in [2.05, 4.69) is 0 Å². The van der Waals surface area contributed by atoms with Crippen molar-refractivity contribution in [2.75, 3.05) is 0 Å². The summed E-state index contributed by atoms with van der Waals surface area (Å²) < 4.78 is -0.351. The number of rotatable bonds is 1. The number of hydrogen-bond acceptors (Lipinski definition) is 0. The Morgan fingerprint density at radius 2 is 0.500 bits per heavy atom. The normalized spacial score (nSPS) is 34.4. The fraction of sp³-hybridized carbons (Fsp3) is 0.600. The largest absolute Gasteiger partial charge is 0.127 e. The molecule has 0 nitrogen and oxygen atoms in total. The fourth-order valence-electron chi connectivity index (χ4n) is 1.22. The van der Waals surface area contributed by atoms with Crippen LogP contribution in [0.15, 0.2) is 19.0 Å². The molecule has 0 atom stereocenters. The van der Waals surface area contributed by atoms with Gasteiger partial charge < -0.3 is 0 Å². The van der Waals surface area contributed by atoms with E-state index in [1.54, 1.807) is 0 Å². The third-order valence-corrected chi connectivity index (χ3v) is 8.38. The smallest absolute Gasteiger partial charge is 0.120 e. The Hall–Kier alpha value is 2.96. The predicted molar refractivity (Wildman–Crippen MR) is 107 cm³/mol. The van der Waals surface area contributed by atoms with E-state index in [4.69, 9.17) is 139 Å². The maximum Gasteiger partial charge on any atom is 0.127 e. The predicted octanol–water partition coefficient (Wildman–Crippen LogP) is 8.40. The fourth-order valence-corrected chi connectivity index (χ4v) is 4.31. The summed E-state index contributed by atoms with van der Waals surface area (Å²) in [5.41, 5.74) is 0. The molecular weight excluding hydrogens is 546 g/mol. The second-order valence-electron chi connectivity index (χ2n) is 3.82. The standard InChI is InChI=1S/C6H6Cl6.C4Cl6/c7-1-2(8)4(10)6(12)5(11)3(1)9;5-1(3(7)8)2(6)4(9)10/h1-6H;. The summed E-state index contributed by atoms with van der Waals surface area (Å²) in [6.45, 7) is 0. The molecule has 1 fully saturated rings. The van der Waals surface area contributed by atoms with Crippen LogP contribution in [0.25, 0.3) is 0 Å². The molecule has 0 radical (unpaired) electrons. The van der Waals surface area contributed by atoms with Gasteiger partial charge in [0.1, 0.15) is 8.98 Å². The molecule has 1 aliphatic rings. The third-order valence-electron chi connectivity index (χ3n) is 2.35. The van der Waals surface area contributed by atoms with Crippen LogP contribution in [0.4, 0.5) is 0 Å². The molecule has 1 aliphatic carbocycles. The Balaban J connectivity index is 0.000000409. The molecule has 0 aromatic rings. The zero-order chi connectivity index (χ0) is 17.8. The van der Waals surface area contributed by atoms with E-state index in [1.807, 2.05) is 0 Å². The molecule has 0 N–H and O–H groups in total. The van der Waals surface area contributed by atoms with Crippen LogP contribution < -0.4 is 0 Å². The summed E-state index contributed by atoms with van der Waals surface area (Å²) in [5, 5.41) is -2.75. The number of alkyl halides is 6. The van der Waals surface area contributed by atoms with Gasteiger partial charge in [-0.1, -0.05) is 69.6 Å². The first-order valence-electron chi connectivity index (χ1n) is 5.19. The molecule has 0 heterocycles. The van der Waals surface area contributed by atoms with Crippen LogP contribution in [0, 0.1) is 0 Å². The van der Waals surface area contributed by atoms with Crippen LogP contribution in [0.1, 0.15) is 0 Å². The Bertz CT molecular complexity index is 343. The zero-order valence-corrected chi connectivity index (χ0v) is 19.1. The average molecular weight is 552 g/mol. The van der Waals surface area contributed by atoms with Crippen molar-refractivity contribution in [1.29, 1.82) is 0 Å². The Morgan fingerprint density at radius 1 is 0.364 bits per heavy atom. The maximum absolute atomic E-state index is 5.88. The first kappa shape index (κ1) is 25.0. The monoisotopic (exact) mass is 546 g/mol. The maximum atomic E-state index is 5.88. The highest BCUT2D eigenvalue weighted by Gasteiger charge is 2.46. The summed E-state index contributed by atoms with van der Waals surface area (Å²) >= 11 is 67.1. The van der Waals surface area contributed by atoms with Gasteiger partial charge >= 0.3 is 0 Å². The molecule has 1 rings (SSSR count). The highest BCUT2D eigenvalue weighted by atomic mass is 35.5. The van der Waals surface area contributed by atoms with Crippen molar-refractivity contribution in [2.24, 2.45) is 0 Å². The topological polar surface area (TPSA) is 0 Å². The van der Waals surface area contributed by atoms with Gasteiger partial charge in [-0.25, -0.2) is 0 Å². The lowest BCUT2D eigenvalue weighted by atomic mass is 9.97. The first-order chi connectivity index (χ1) is 9.93. The van der Waals surface area contributed by atoms with E-state index < -0.39 is 32.3 Å². The molecule has 0 aliphatic heterocycles. The first-order valence-corrected chi connectivity index (χ1v) is 10.1. The number of halogens is 12. The van der Waals surface area contributed by atoms with Crippen molar-refractivity contribution in [3.8, 4) is 0 Å². The minimum atomic E-state index is -0.437. The van der Waals surface area contributed by atoms with Gasteiger partial charge in [-0.05, 0) is 0 Å². The third kappa shape index (κ3) is 7.29. The Kier molecular flexibility index (Phi) is 13.2. The highest BCUT2D eigenvalue weighted by molar-refractivity contribution is 6.65. The summed E-state index contributed by atoms with van der Waals surface area (Å²) in [6.07, 6.45) is 0. The van der Waals surface area contributed by atoms with Gasteiger partial charge in [-0.2, -0.15) is 0 Å². The van der Waals surface area contributed by atoms with Crippen LogP contribution in [0.3, 0.4) is 0 Å². The molecule has 0 aromatic heterocycles. The molecule has 0 spiro atoms. The molecule has 0 saturated heterocycles. The van der Waals surface area contributed by atoms with E-state index in [1.165, 1.54) is 0 Å². The number of allylic oxidation sites excluding steroid dienone is 2. The minimum Gasteiger partial charge on any atom is -0.120 e. The van der Waals surface area contributed by atoms with Gasteiger partial charge in [-0.3, -0.25) is 0 Å². The second-order valence-corrected chi connectivity index (χ2v) is 9.49. The van der Waals surface area contributed by atoms with Crippen LogP contribution in [-0.2, 0) is 0 Å². The molecule has 130 valence electrons. The van der Waals surface area contributed by atoms with Crippen molar-refractivity contribution in [2.45, 2.75) is 32.3 Å². The lowest BCUT2D eigenvalue weighted by Crippen LogP contribution is -2.52. The van der Waals surface area contributed by atoms with E-state index in [0.717, 1.165) is 0 Å². The molecule has 0 amide bonds. The van der Waals surface area contributed by atoms with Crippen LogP contribution in [-0.4, -0.2) is 32.3 Å². The van der Waals surface area contributed by atoms with Gasteiger partial charge in [-0.15, -0.1) is 69.6 Å². The average Bonchev–Trinajstić information content (AvgIpc) is 2.47. The molecular formula is C10H6Cl12. The minimum absolute atomic E-state index is 0.0648. The van der Waals surface area contributed by atoms with Gasteiger partial charge in [0.2, 0.25) is 0 Å². The van der Waals surface area contributed by atoms with Crippen molar-refractivity contribution >= 4 is 139 Å². The number of hydrogen-bond donors (Lipinski definition) is 0. The lowest BCUT2D eigenvalue weighted by Gasteiger charge is -2.37. The molecule has 0 aromatic carbocycles.